The van der Waals surface area contributed by atoms with Gasteiger partial charge in [0.05, 0.1) is 5.56 Å². The van der Waals surface area contributed by atoms with Crippen molar-refractivity contribution < 1.29 is 13.6 Å². The number of carbonyl (C=O) groups excluding carboxylic acids is 1. The molecule has 0 spiro atoms. The number of carbonyl (C=O) groups is 1. The van der Waals surface area contributed by atoms with Gasteiger partial charge in [-0.05, 0) is 26.3 Å². The third kappa shape index (κ3) is 2.78. The van der Waals surface area contributed by atoms with Crippen molar-refractivity contribution in [2.24, 2.45) is 0 Å². The number of nitrogens with zero attached hydrogens (tertiary/aromatic N) is 1. The second-order valence-electron chi connectivity index (χ2n) is 4.20. The van der Waals surface area contributed by atoms with Crippen LogP contribution in [0, 0.1) is 11.6 Å². The van der Waals surface area contributed by atoms with Gasteiger partial charge in [0.1, 0.15) is 0 Å². The molecule has 1 unspecified atom stereocenters. The first-order valence-corrected chi connectivity index (χ1v) is 5.97. The maximum atomic E-state index is 13.2. The van der Waals surface area contributed by atoms with Crippen molar-refractivity contribution in [3.8, 4) is 0 Å². The summed E-state index contributed by atoms with van der Waals surface area (Å²) in [4.78, 5) is 13.8. The van der Waals surface area contributed by atoms with Crippen molar-refractivity contribution in [3.05, 3.63) is 29.3 Å². The maximum absolute atomic E-state index is 13.2. The normalized spacial score (nSPS) is 12.3. The van der Waals surface area contributed by atoms with Gasteiger partial charge in [-0.15, -0.1) is 0 Å². The smallest absolute Gasteiger partial charge is 0.256 e. The summed E-state index contributed by atoms with van der Waals surface area (Å²) in [6.45, 7) is 6.18. The Morgan fingerprint density at radius 3 is 2.39 bits per heavy atom. The summed E-state index contributed by atoms with van der Waals surface area (Å²) in [5, 5.41) is 0. The van der Waals surface area contributed by atoms with E-state index in [1.807, 2.05) is 20.8 Å². The minimum absolute atomic E-state index is 0.0102. The van der Waals surface area contributed by atoms with Crippen LogP contribution in [0.1, 0.15) is 37.6 Å². The molecule has 18 heavy (non-hydrogen) atoms. The zero-order chi connectivity index (χ0) is 13.9. The van der Waals surface area contributed by atoms with Gasteiger partial charge in [0.25, 0.3) is 5.91 Å². The van der Waals surface area contributed by atoms with Gasteiger partial charge in [0.15, 0.2) is 11.6 Å². The fourth-order valence-corrected chi connectivity index (χ4v) is 1.78. The number of anilines is 1. The van der Waals surface area contributed by atoms with Crippen LogP contribution in [0.15, 0.2) is 12.1 Å². The van der Waals surface area contributed by atoms with Crippen molar-refractivity contribution in [2.75, 3.05) is 12.3 Å². The third-order valence-corrected chi connectivity index (χ3v) is 3.05. The van der Waals surface area contributed by atoms with Gasteiger partial charge in [-0.25, -0.2) is 8.78 Å². The molecule has 5 heteroatoms. The van der Waals surface area contributed by atoms with E-state index < -0.39 is 11.6 Å². The minimum atomic E-state index is -1.06. The summed E-state index contributed by atoms with van der Waals surface area (Å²) < 4.78 is 26.1. The fourth-order valence-electron chi connectivity index (χ4n) is 1.78. The average molecular weight is 256 g/mol. The van der Waals surface area contributed by atoms with E-state index >= 15 is 0 Å². The molecule has 0 radical (unpaired) electrons. The second kappa shape index (κ2) is 5.80. The molecule has 1 amide bonds. The van der Waals surface area contributed by atoms with Crippen LogP contribution in [-0.4, -0.2) is 23.4 Å². The molecule has 0 aromatic heterocycles. The van der Waals surface area contributed by atoms with Crippen molar-refractivity contribution in [1.29, 1.82) is 0 Å². The standard InChI is InChI=1S/C13H18F2N2O/c1-4-8(3)17(5-2)13(18)9-6-10(14)11(15)7-12(9)16/h6-8H,4-5,16H2,1-3H3. The first kappa shape index (κ1) is 14.4. The highest BCUT2D eigenvalue weighted by molar-refractivity contribution is 5.99. The Morgan fingerprint density at radius 2 is 1.89 bits per heavy atom. The van der Waals surface area contributed by atoms with Crippen molar-refractivity contribution in [1.82, 2.24) is 4.90 Å². The molecule has 1 aromatic rings. The van der Waals surface area contributed by atoms with Crippen LogP contribution in [0.25, 0.3) is 0 Å². The van der Waals surface area contributed by atoms with E-state index in [1.54, 1.807) is 4.90 Å². The molecule has 0 aliphatic carbocycles. The molecule has 3 nitrogen and oxygen atoms in total. The van der Waals surface area contributed by atoms with Gasteiger partial charge in [-0.1, -0.05) is 6.92 Å². The average Bonchev–Trinajstić information content (AvgIpc) is 2.34. The largest absolute Gasteiger partial charge is 0.398 e. The lowest BCUT2D eigenvalue weighted by molar-refractivity contribution is 0.0700. The predicted octanol–water partition coefficient (Wildman–Crippen LogP) is 2.81. The molecule has 2 N–H and O–H groups in total. The molecule has 100 valence electrons. The summed E-state index contributed by atoms with van der Waals surface area (Å²) >= 11 is 0. The number of nitrogen functional groups attached to an aromatic ring is 1. The summed E-state index contributed by atoms with van der Waals surface area (Å²) in [6, 6.07) is 1.72. The molecular weight excluding hydrogens is 238 g/mol. The third-order valence-electron chi connectivity index (χ3n) is 3.05. The van der Waals surface area contributed by atoms with Gasteiger partial charge in [-0.2, -0.15) is 0 Å². The first-order valence-electron chi connectivity index (χ1n) is 5.97. The van der Waals surface area contributed by atoms with Crippen LogP contribution in [0.3, 0.4) is 0 Å². The zero-order valence-corrected chi connectivity index (χ0v) is 10.8. The van der Waals surface area contributed by atoms with Crippen molar-refractivity contribution in [2.45, 2.75) is 33.2 Å². The molecular formula is C13H18F2N2O. The van der Waals surface area contributed by atoms with Crippen LogP contribution in [0.4, 0.5) is 14.5 Å². The number of nitrogens with two attached hydrogens (primary N) is 1. The molecule has 1 atom stereocenters. The molecule has 1 aromatic carbocycles. The lowest BCUT2D eigenvalue weighted by Crippen LogP contribution is -2.38. The highest BCUT2D eigenvalue weighted by Crippen LogP contribution is 2.20. The monoisotopic (exact) mass is 256 g/mol. The molecule has 0 aliphatic rings. The first-order chi connectivity index (χ1) is 8.42. The molecule has 0 saturated carbocycles. The number of hydrogen-bond donors (Lipinski definition) is 1. The summed E-state index contributed by atoms with van der Waals surface area (Å²) in [6.07, 6.45) is 0.781. The molecule has 0 bridgehead atoms. The van der Waals surface area contributed by atoms with Gasteiger partial charge in [0, 0.05) is 24.3 Å². The number of rotatable bonds is 4. The van der Waals surface area contributed by atoms with E-state index in [0.717, 1.165) is 18.6 Å². The maximum Gasteiger partial charge on any atom is 0.256 e. The van der Waals surface area contributed by atoms with Gasteiger partial charge >= 0.3 is 0 Å². The highest BCUT2D eigenvalue weighted by atomic mass is 19.2. The highest BCUT2D eigenvalue weighted by Gasteiger charge is 2.22. The Hall–Kier alpha value is -1.65. The van der Waals surface area contributed by atoms with Crippen molar-refractivity contribution in [3.63, 3.8) is 0 Å². The van der Waals surface area contributed by atoms with Crippen LogP contribution < -0.4 is 5.73 Å². The molecule has 0 aliphatic heterocycles. The van der Waals surface area contributed by atoms with E-state index in [4.69, 9.17) is 5.73 Å². The second-order valence-corrected chi connectivity index (χ2v) is 4.20. The Kier molecular flexibility index (Phi) is 4.64. The van der Waals surface area contributed by atoms with Gasteiger partial charge in [0.2, 0.25) is 0 Å². The van der Waals surface area contributed by atoms with Gasteiger partial charge in [-0.3, -0.25) is 4.79 Å². The molecule has 0 heterocycles. The number of hydrogen-bond acceptors (Lipinski definition) is 2. The topological polar surface area (TPSA) is 46.3 Å². The van der Waals surface area contributed by atoms with Gasteiger partial charge < -0.3 is 10.6 Å². The van der Waals surface area contributed by atoms with Crippen LogP contribution >= 0.6 is 0 Å². The zero-order valence-electron chi connectivity index (χ0n) is 10.8. The lowest BCUT2D eigenvalue weighted by Gasteiger charge is -2.27. The Balaban J connectivity index is 3.13. The molecule has 0 saturated heterocycles. The minimum Gasteiger partial charge on any atom is -0.398 e. The molecule has 1 rings (SSSR count). The molecule has 0 fully saturated rings. The van der Waals surface area contributed by atoms with E-state index in [0.29, 0.717) is 6.54 Å². The Bertz CT molecular complexity index is 449. The lowest BCUT2D eigenvalue weighted by atomic mass is 10.1. The Morgan fingerprint density at radius 1 is 1.33 bits per heavy atom. The summed E-state index contributed by atoms with van der Waals surface area (Å²) in [5.41, 5.74) is 5.54. The number of benzene rings is 1. The van der Waals surface area contributed by atoms with Crippen molar-refractivity contribution >= 4 is 11.6 Å². The van der Waals surface area contributed by atoms with Crippen LogP contribution in [0.5, 0.6) is 0 Å². The summed E-state index contributed by atoms with van der Waals surface area (Å²) in [5.74, 6) is -2.48. The van der Waals surface area contributed by atoms with E-state index in [-0.39, 0.29) is 23.2 Å². The van der Waals surface area contributed by atoms with Crippen LogP contribution in [0.2, 0.25) is 0 Å². The predicted molar refractivity (Wildman–Crippen MR) is 67.2 cm³/mol. The fraction of sp³-hybridized carbons (Fsp3) is 0.462. The van der Waals surface area contributed by atoms with E-state index in [1.165, 1.54) is 0 Å². The van der Waals surface area contributed by atoms with E-state index in [2.05, 4.69) is 0 Å². The number of amides is 1. The summed E-state index contributed by atoms with van der Waals surface area (Å²) in [7, 11) is 0. The van der Waals surface area contributed by atoms with Crippen LogP contribution in [-0.2, 0) is 0 Å². The SMILES string of the molecule is CCC(C)N(CC)C(=O)c1cc(F)c(F)cc1N. The quantitative estimate of drug-likeness (QED) is 0.842. The van der Waals surface area contributed by atoms with E-state index in [9.17, 15) is 13.6 Å². The number of halogens is 2. The Labute approximate surface area is 106 Å².